The Morgan fingerprint density at radius 2 is 2.04 bits per heavy atom. The number of amides is 1. The molecule has 0 bridgehead atoms. The van der Waals surface area contributed by atoms with Crippen LogP contribution in [0.3, 0.4) is 0 Å². The number of pyridine rings is 1. The maximum Gasteiger partial charge on any atom is 0.253 e. The van der Waals surface area contributed by atoms with Crippen molar-refractivity contribution in [3.63, 3.8) is 0 Å². The van der Waals surface area contributed by atoms with Crippen LogP contribution in [-0.2, 0) is 13.1 Å². The first kappa shape index (κ1) is 17.5. The fourth-order valence-corrected chi connectivity index (χ4v) is 4.36. The monoisotopic (exact) mass is 396 g/mol. The minimum Gasteiger partial charge on any atom is -0.490 e. The zero-order valence-corrected chi connectivity index (χ0v) is 16.4. The number of anilines is 1. The van der Waals surface area contributed by atoms with Crippen LogP contribution >= 0.6 is 11.6 Å². The highest BCUT2D eigenvalue weighted by molar-refractivity contribution is 6.70. The van der Waals surface area contributed by atoms with E-state index in [-0.39, 0.29) is 12.0 Å². The topological polar surface area (TPSA) is 66.8 Å². The molecular weight excluding hydrogens is 376 g/mol. The van der Waals surface area contributed by atoms with Gasteiger partial charge in [-0.25, -0.2) is 4.98 Å². The number of aliphatic imine (C=N–C) groups is 1. The highest BCUT2D eigenvalue weighted by Gasteiger charge is 2.27. The van der Waals surface area contributed by atoms with Gasteiger partial charge in [-0.15, -0.1) is 0 Å². The fraction of sp³-hybridized carbons (Fsp3) is 0.381. The molecule has 6 nitrogen and oxygen atoms in total. The minimum atomic E-state index is -0.0243. The molecule has 0 aliphatic carbocycles. The van der Waals surface area contributed by atoms with E-state index in [9.17, 15) is 4.79 Å². The lowest BCUT2D eigenvalue weighted by Gasteiger charge is -2.34. The van der Waals surface area contributed by atoms with Gasteiger partial charge in [0, 0.05) is 31.5 Å². The molecule has 144 valence electrons. The quantitative estimate of drug-likeness (QED) is 0.865. The van der Waals surface area contributed by atoms with Crippen molar-refractivity contribution in [2.75, 3.05) is 18.0 Å². The lowest BCUT2D eigenvalue weighted by Crippen LogP contribution is -2.39. The first-order valence-electron chi connectivity index (χ1n) is 9.62. The molecule has 1 amide bonds. The number of ether oxygens (including phenoxy) is 1. The summed E-state index contributed by atoms with van der Waals surface area (Å²) >= 11 is 6.16. The van der Waals surface area contributed by atoms with Crippen LogP contribution in [0.4, 0.5) is 5.82 Å². The number of nitrogens with zero attached hydrogens (tertiary/aromatic N) is 3. The first-order valence-corrected chi connectivity index (χ1v) is 10.00. The zero-order chi connectivity index (χ0) is 19.3. The van der Waals surface area contributed by atoms with E-state index in [0.29, 0.717) is 23.8 Å². The second-order valence-electron chi connectivity index (χ2n) is 7.54. The smallest absolute Gasteiger partial charge is 0.253 e. The number of hydrogen-bond donors (Lipinski definition) is 1. The molecule has 28 heavy (non-hydrogen) atoms. The number of hydrogen-bond acceptors (Lipinski definition) is 5. The number of aromatic nitrogens is 1. The molecule has 0 saturated carbocycles. The predicted octanol–water partition coefficient (Wildman–Crippen LogP) is 3.18. The highest BCUT2D eigenvalue weighted by atomic mass is 35.5. The van der Waals surface area contributed by atoms with Gasteiger partial charge in [0.25, 0.3) is 5.91 Å². The second kappa shape index (κ2) is 6.78. The number of fused-ring (bicyclic) bond motifs is 2. The largest absolute Gasteiger partial charge is 0.490 e. The van der Waals surface area contributed by atoms with E-state index in [4.69, 9.17) is 21.3 Å². The van der Waals surface area contributed by atoms with Crippen LogP contribution in [0.25, 0.3) is 0 Å². The summed E-state index contributed by atoms with van der Waals surface area (Å²) in [4.78, 5) is 23.1. The zero-order valence-electron chi connectivity index (χ0n) is 15.7. The molecule has 0 radical (unpaired) electrons. The maximum absolute atomic E-state index is 11.8. The predicted molar refractivity (Wildman–Crippen MR) is 109 cm³/mol. The molecule has 0 unspecified atom stereocenters. The van der Waals surface area contributed by atoms with Crippen molar-refractivity contribution >= 4 is 28.5 Å². The van der Waals surface area contributed by atoms with E-state index in [1.54, 1.807) is 0 Å². The fourth-order valence-electron chi connectivity index (χ4n) is 4.13. The molecule has 1 aromatic heterocycles. The van der Waals surface area contributed by atoms with Gasteiger partial charge in [-0.05, 0) is 36.2 Å². The Balaban J connectivity index is 1.26. The molecule has 5 rings (SSSR count). The summed E-state index contributed by atoms with van der Waals surface area (Å²) in [7, 11) is 0. The number of benzene rings is 1. The summed E-state index contributed by atoms with van der Waals surface area (Å²) in [5.74, 6) is 1.81. The summed E-state index contributed by atoms with van der Waals surface area (Å²) < 4.78 is 6.22. The minimum absolute atomic E-state index is 0.0243. The molecule has 1 aromatic carbocycles. The third-order valence-electron chi connectivity index (χ3n) is 5.66. The van der Waals surface area contributed by atoms with Gasteiger partial charge in [-0.2, -0.15) is 0 Å². The lowest BCUT2D eigenvalue weighted by molar-refractivity contribution is 0.0965. The van der Waals surface area contributed by atoms with Crippen LogP contribution in [0.15, 0.2) is 29.3 Å². The van der Waals surface area contributed by atoms with Crippen molar-refractivity contribution < 1.29 is 9.53 Å². The van der Waals surface area contributed by atoms with Crippen molar-refractivity contribution in [2.45, 2.75) is 39.0 Å². The number of halogens is 1. The van der Waals surface area contributed by atoms with Crippen LogP contribution in [0.2, 0.25) is 0 Å². The number of carbonyl (C=O) groups is 1. The summed E-state index contributed by atoms with van der Waals surface area (Å²) in [6.45, 7) is 4.95. The Bertz CT molecular complexity index is 996. The Labute approximate surface area is 168 Å². The Hall–Kier alpha value is -2.60. The lowest BCUT2D eigenvalue weighted by atomic mass is 10.1. The van der Waals surface area contributed by atoms with Gasteiger partial charge in [-0.3, -0.25) is 9.79 Å². The third kappa shape index (κ3) is 3.02. The standard InChI is InChI=1S/C21H21ClN4O2/c1-12-8-17-18(11-24-21(17)27)25-20(12)26-6-4-14(5-7-26)28-15-3-2-13-10-23-19(22)16(13)9-15/h2-3,8-9,14H,4-7,10-11H2,1H3,(H,24,27). The summed E-state index contributed by atoms with van der Waals surface area (Å²) in [6, 6.07) is 8.01. The molecule has 2 aromatic rings. The molecule has 0 spiro atoms. The van der Waals surface area contributed by atoms with Crippen LogP contribution < -0.4 is 15.0 Å². The third-order valence-corrected chi connectivity index (χ3v) is 5.99. The van der Waals surface area contributed by atoms with Gasteiger partial charge in [0.05, 0.1) is 24.3 Å². The molecular formula is C21H21ClN4O2. The number of aryl methyl sites for hydroxylation is 1. The highest BCUT2D eigenvalue weighted by Crippen LogP contribution is 2.29. The van der Waals surface area contributed by atoms with E-state index >= 15 is 0 Å². The van der Waals surface area contributed by atoms with E-state index in [1.807, 2.05) is 31.2 Å². The van der Waals surface area contributed by atoms with Crippen molar-refractivity contribution in [1.82, 2.24) is 10.3 Å². The Morgan fingerprint density at radius 1 is 1.21 bits per heavy atom. The van der Waals surface area contributed by atoms with Gasteiger partial charge >= 0.3 is 0 Å². The van der Waals surface area contributed by atoms with E-state index in [0.717, 1.165) is 59.9 Å². The molecule has 3 aliphatic heterocycles. The van der Waals surface area contributed by atoms with Gasteiger partial charge in [0.1, 0.15) is 22.8 Å². The molecule has 1 N–H and O–H groups in total. The van der Waals surface area contributed by atoms with E-state index in [2.05, 4.69) is 15.2 Å². The molecule has 0 atom stereocenters. The van der Waals surface area contributed by atoms with Gasteiger partial charge in [-0.1, -0.05) is 17.7 Å². The average Bonchev–Trinajstić information content (AvgIpc) is 3.25. The van der Waals surface area contributed by atoms with Crippen LogP contribution in [0, 0.1) is 6.92 Å². The number of nitrogens with one attached hydrogen (secondary N) is 1. The first-order chi connectivity index (χ1) is 13.6. The number of rotatable bonds is 3. The Kier molecular flexibility index (Phi) is 4.23. The number of piperidine rings is 1. The van der Waals surface area contributed by atoms with Gasteiger partial charge < -0.3 is 15.0 Å². The SMILES string of the molecule is Cc1cc2c(nc1N1CCC(Oc3ccc4c(c3)C(Cl)=NC4)CC1)CNC2=O. The van der Waals surface area contributed by atoms with Crippen LogP contribution in [-0.4, -0.2) is 35.3 Å². The van der Waals surface area contributed by atoms with Crippen LogP contribution in [0.5, 0.6) is 5.75 Å². The summed E-state index contributed by atoms with van der Waals surface area (Å²) in [6.07, 6.45) is 2.02. The average molecular weight is 397 g/mol. The van der Waals surface area contributed by atoms with Gasteiger partial charge in [0.15, 0.2) is 0 Å². The molecule has 7 heteroatoms. The molecule has 3 aliphatic rings. The summed E-state index contributed by atoms with van der Waals surface area (Å²) in [5.41, 5.74) is 4.73. The molecule has 1 fully saturated rings. The normalized spacial score (nSPS) is 18.6. The van der Waals surface area contributed by atoms with Crippen molar-refractivity contribution in [2.24, 2.45) is 4.99 Å². The second-order valence-corrected chi connectivity index (χ2v) is 7.89. The van der Waals surface area contributed by atoms with E-state index < -0.39 is 0 Å². The van der Waals surface area contributed by atoms with Crippen molar-refractivity contribution in [3.8, 4) is 5.75 Å². The van der Waals surface area contributed by atoms with E-state index in [1.165, 1.54) is 0 Å². The molecule has 4 heterocycles. The molecule has 1 saturated heterocycles. The Morgan fingerprint density at radius 3 is 2.86 bits per heavy atom. The maximum atomic E-state index is 11.8. The van der Waals surface area contributed by atoms with Crippen LogP contribution in [0.1, 0.15) is 45.6 Å². The summed E-state index contributed by atoms with van der Waals surface area (Å²) in [5, 5.41) is 3.41. The van der Waals surface area contributed by atoms with Crippen molar-refractivity contribution in [3.05, 3.63) is 52.2 Å². The number of carbonyl (C=O) groups excluding carboxylic acids is 1. The van der Waals surface area contributed by atoms with Gasteiger partial charge in [0.2, 0.25) is 0 Å². The van der Waals surface area contributed by atoms with Crippen molar-refractivity contribution in [1.29, 1.82) is 0 Å².